The maximum absolute atomic E-state index is 11.4. The lowest BCUT2D eigenvalue weighted by Crippen LogP contribution is -2.17. The largest absolute Gasteiger partial charge is 0.465 e. The van der Waals surface area contributed by atoms with Gasteiger partial charge in [-0.15, -0.1) is 0 Å². The van der Waals surface area contributed by atoms with E-state index in [1.54, 1.807) is 11.8 Å². The van der Waals surface area contributed by atoms with Gasteiger partial charge in [0.15, 0.2) is 0 Å². The normalized spacial score (nSPS) is 12.4. The molecule has 3 heteroatoms. The summed E-state index contributed by atoms with van der Waals surface area (Å²) >= 11 is 1.69. The van der Waals surface area contributed by atoms with Crippen molar-refractivity contribution < 1.29 is 9.53 Å². The summed E-state index contributed by atoms with van der Waals surface area (Å²) in [5.74, 6) is 0.855. The standard InChI is InChI=1S/C13H26O2S/c1-4-5-6-7-8-9-10-15-13(14)12(2)11-16-3/h12H,4-11H2,1-3H3. The molecule has 0 aliphatic rings. The van der Waals surface area contributed by atoms with Gasteiger partial charge in [-0.1, -0.05) is 46.0 Å². The fourth-order valence-corrected chi connectivity index (χ4v) is 2.15. The Morgan fingerprint density at radius 1 is 1.19 bits per heavy atom. The van der Waals surface area contributed by atoms with E-state index in [0.29, 0.717) is 6.61 Å². The summed E-state index contributed by atoms with van der Waals surface area (Å²) in [6.45, 7) is 4.75. The molecule has 0 rings (SSSR count). The number of carbonyl (C=O) groups is 1. The molecule has 0 aliphatic heterocycles. The smallest absolute Gasteiger partial charge is 0.309 e. The van der Waals surface area contributed by atoms with Gasteiger partial charge in [-0.05, 0) is 12.7 Å². The van der Waals surface area contributed by atoms with Crippen LogP contribution in [0.15, 0.2) is 0 Å². The SMILES string of the molecule is CCCCCCCCOC(=O)C(C)CSC. The maximum atomic E-state index is 11.4. The van der Waals surface area contributed by atoms with Crippen molar-refractivity contribution in [3.05, 3.63) is 0 Å². The molecule has 0 aromatic heterocycles. The van der Waals surface area contributed by atoms with Crippen LogP contribution in [-0.4, -0.2) is 24.6 Å². The lowest BCUT2D eigenvalue weighted by molar-refractivity contribution is -0.147. The van der Waals surface area contributed by atoms with Crippen LogP contribution in [0.25, 0.3) is 0 Å². The highest BCUT2D eigenvalue weighted by Gasteiger charge is 2.12. The van der Waals surface area contributed by atoms with Crippen molar-refractivity contribution in [1.29, 1.82) is 0 Å². The highest BCUT2D eigenvalue weighted by atomic mass is 32.2. The van der Waals surface area contributed by atoms with E-state index in [9.17, 15) is 4.79 Å². The lowest BCUT2D eigenvalue weighted by atomic mass is 10.1. The van der Waals surface area contributed by atoms with Crippen molar-refractivity contribution in [3.8, 4) is 0 Å². The molecule has 0 amide bonds. The Labute approximate surface area is 105 Å². The van der Waals surface area contributed by atoms with Crippen LogP contribution >= 0.6 is 11.8 Å². The zero-order chi connectivity index (χ0) is 12.2. The fourth-order valence-electron chi connectivity index (χ4n) is 1.52. The zero-order valence-electron chi connectivity index (χ0n) is 11.0. The van der Waals surface area contributed by atoms with Gasteiger partial charge in [0.05, 0.1) is 12.5 Å². The number of unbranched alkanes of at least 4 members (excludes halogenated alkanes) is 5. The Bertz CT molecular complexity index is 171. The van der Waals surface area contributed by atoms with Gasteiger partial charge in [-0.2, -0.15) is 11.8 Å². The molecule has 0 saturated carbocycles. The van der Waals surface area contributed by atoms with E-state index in [1.165, 1.54) is 32.1 Å². The topological polar surface area (TPSA) is 26.3 Å². The first-order valence-electron chi connectivity index (χ1n) is 6.38. The molecular weight excluding hydrogens is 220 g/mol. The summed E-state index contributed by atoms with van der Waals surface area (Å²) in [5.41, 5.74) is 0. The molecule has 0 aliphatic carbocycles. The Balaban J connectivity index is 3.27. The number of hydrogen-bond acceptors (Lipinski definition) is 3. The first-order valence-corrected chi connectivity index (χ1v) is 7.77. The fraction of sp³-hybridized carbons (Fsp3) is 0.923. The van der Waals surface area contributed by atoms with E-state index >= 15 is 0 Å². The molecule has 2 nitrogen and oxygen atoms in total. The van der Waals surface area contributed by atoms with Gasteiger partial charge in [0, 0.05) is 5.75 Å². The molecule has 0 radical (unpaired) electrons. The van der Waals surface area contributed by atoms with Gasteiger partial charge in [0.25, 0.3) is 0 Å². The Morgan fingerprint density at radius 2 is 1.81 bits per heavy atom. The second-order valence-electron chi connectivity index (χ2n) is 4.29. The Morgan fingerprint density at radius 3 is 2.44 bits per heavy atom. The van der Waals surface area contributed by atoms with Crippen LogP contribution in [0.5, 0.6) is 0 Å². The summed E-state index contributed by atoms with van der Waals surface area (Å²) in [4.78, 5) is 11.4. The minimum atomic E-state index is -0.0390. The molecule has 96 valence electrons. The van der Waals surface area contributed by atoms with Crippen molar-refractivity contribution in [1.82, 2.24) is 0 Å². The molecule has 1 atom stereocenters. The summed E-state index contributed by atoms with van der Waals surface area (Å²) in [6, 6.07) is 0. The van der Waals surface area contributed by atoms with Crippen LogP contribution in [0.2, 0.25) is 0 Å². The van der Waals surface area contributed by atoms with Gasteiger partial charge in [-0.3, -0.25) is 4.79 Å². The third-order valence-electron chi connectivity index (χ3n) is 2.56. The number of rotatable bonds is 10. The van der Waals surface area contributed by atoms with Crippen molar-refractivity contribution in [2.45, 2.75) is 52.4 Å². The zero-order valence-corrected chi connectivity index (χ0v) is 11.8. The lowest BCUT2D eigenvalue weighted by Gasteiger charge is -2.09. The quantitative estimate of drug-likeness (QED) is 0.432. The molecule has 0 bridgehead atoms. The van der Waals surface area contributed by atoms with E-state index < -0.39 is 0 Å². The van der Waals surface area contributed by atoms with Crippen molar-refractivity contribution >= 4 is 17.7 Å². The average Bonchev–Trinajstić information content (AvgIpc) is 2.28. The molecule has 0 aromatic carbocycles. The van der Waals surface area contributed by atoms with Crippen LogP contribution in [-0.2, 0) is 9.53 Å². The minimum Gasteiger partial charge on any atom is -0.465 e. The van der Waals surface area contributed by atoms with E-state index in [0.717, 1.165) is 12.2 Å². The minimum absolute atomic E-state index is 0.0371. The predicted molar refractivity (Wildman–Crippen MR) is 71.9 cm³/mol. The van der Waals surface area contributed by atoms with E-state index in [2.05, 4.69) is 6.92 Å². The van der Waals surface area contributed by atoms with Crippen LogP contribution in [0.3, 0.4) is 0 Å². The third kappa shape index (κ3) is 9.08. The van der Waals surface area contributed by atoms with Gasteiger partial charge in [-0.25, -0.2) is 0 Å². The molecule has 0 heterocycles. The number of hydrogen-bond donors (Lipinski definition) is 0. The summed E-state index contributed by atoms with van der Waals surface area (Å²) < 4.78 is 5.21. The first-order chi connectivity index (χ1) is 7.72. The van der Waals surface area contributed by atoms with Gasteiger partial charge >= 0.3 is 5.97 Å². The van der Waals surface area contributed by atoms with Crippen LogP contribution in [0.1, 0.15) is 52.4 Å². The van der Waals surface area contributed by atoms with Crippen molar-refractivity contribution in [2.75, 3.05) is 18.6 Å². The number of carbonyl (C=O) groups excluding carboxylic acids is 1. The van der Waals surface area contributed by atoms with Crippen molar-refractivity contribution in [3.63, 3.8) is 0 Å². The Hall–Kier alpha value is -0.180. The van der Waals surface area contributed by atoms with Gasteiger partial charge in [0.2, 0.25) is 0 Å². The summed E-state index contributed by atoms with van der Waals surface area (Å²) in [7, 11) is 0. The summed E-state index contributed by atoms with van der Waals surface area (Å²) in [5, 5.41) is 0. The second kappa shape index (κ2) is 11.3. The number of esters is 1. The number of ether oxygens (including phenoxy) is 1. The highest BCUT2D eigenvalue weighted by Crippen LogP contribution is 2.08. The Kier molecular flexibility index (Phi) is 11.2. The molecule has 0 fully saturated rings. The molecular formula is C13H26O2S. The molecule has 1 unspecified atom stereocenters. The van der Waals surface area contributed by atoms with E-state index in [-0.39, 0.29) is 11.9 Å². The second-order valence-corrected chi connectivity index (χ2v) is 5.20. The average molecular weight is 246 g/mol. The summed E-state index contributed by atoms with van der Waals surface area (Å²) in [6.07, 6.45) is 9.40. The van der Waals surface area contributed by atoms with Gasteiger partial charge in [0.1, 0.15) is 0 Å². The monoisotopic (exact) mass is 246 g/mol. The van der Waals surface area contributed by atoms with E-state index in [1.807, 2.05) is 13.2 Å². The van der Waals surface area contributed by atoms with Crippen LogP contribution in [0, 0.1) is 5.92 Å². The van der Waals surface area contributed by atoms with Crippen LogP contribution in [0.4, 0.5) is 0 Å². The van der Waals surface area contributed by atoms with Crippen molar-refractivity contribution in [2.24, 2.45) is 5.92 Å². The highest BCUT2D eigenvalue weighted by molar-refractivity contribution is 7.98. The predicted octanol–water partition coefficient (Wildman–Crippen LogP) is 3.89. The third-order valence-corrected chi connectivity index (χ3v) is 3.39. The van der Waals surface area contributed by atoms with E-state index in [4.69, 9.17) is 4.74 Å². The van der Waals surface area contributed by atoms with Crippen LogP contribution < -0.4 is 0 Å². The molecule has 0 spiro atoms. The first kappa shape index (κ1) is 15.8. The molecule has 16 heavy (non-hydrogen) atoms. The van der Waals surface area contributed by atoms with Gasteiger partial charge < -0.3 is 4.74 Å². The number of thioether (sulfide) groups is 1. The molecule has 0 aromatic rings. The maximum Gasteiger partial charge on any atom is 0.309 e. The molecule has 0 N–H and O–H groups in total. The molecule has 0 saturated heterocycles.